The van der Waals surface area contributed by atoms with Crippen molar-refractivity contribution in [2.24, 2.45) is 4.99 Å². The fraction of sp³-hybridized carbons (Fsp3) is 0.714. The molecule has 15 heteroatoms. The van der Waals surface area contributed by atoms with Crippen LogP contribution in [0.15, 0.2) is 9.79 Å². The maximum absolute atomic E-state index is 13.4. The number of H-pyrrole nitrogens is 1. The lowest BCUT2D eigenvalue weighted by Gasteiger charge is -2.40. The second kappa shape index (κ2) is 13.3. The first kappa shape index (κ1) is 35.5. The summed E-state index contributed by atoms with van der Waals surface area (Å²) in [6, 6.07) is -1.16. The lowest BCUT2D eigenvalue weighted by Crippen LogP contribution is -2.59. The second-order valence-corrected chi connectivity index (χ2v) is 13.4. The van der Waals surface area contributed by atoms with Gasteiger partial charge in [0.25, 0.3) is 11.7 Å². The minimum Gasteiger partial charge on any atom is -0.458 e. The van der Waals surface area contributed by atoms with Crippen molar-refractivity contribution in [3.8, 4) is 0 Å². The Balaban J connectivity index is 2.44. The third-order valence-electron chi connectivity index (χ3n) is 5.42. The predicted molar refractivity (Wildman–Crippen MR) is 160 cm³/mol. The van der Waals surface area contributed by atoms with Crippen molar-refractivity contribution < 1.29 is 38.4 Å². The van der Waals surface area contributed by atoms with Gasteiger partial charge < -0.3 is 34.3 Å². The van der Waals surface area contributed by atoms with E-state index >= 15 is 0 Å². The van der Waals surface area contributed by atoms with Gasteiger partial charge in [-0.15, -0.1) is 0 Å². The highest BCUT2D eigenvalue weighted by atomic mass is 16.6. The van der Waals surface area contributed by atoms with Gasteiger partial charge in [-0.05, 0) is 69.2 Å². The Morgan fingerprint density at radius 1 is 1.02 bits per heavy atom. The molecular formula is C28H46N6O9. The number of nitrogens with one attached hydrogen (secondary N) is 2. The number of aliphatic imine (C=N–C) groups is 1. The SMILES string of the molecule is C[C@H](OC(=O)C(OC(C)(C)C)C(=O)OC(C)(C)C)[C@H](O)[C@H]1CNc2nc(/N=C/N(C)C)[nH]c(=O)c2N1C(=O)OC(C)(C)C. The van der Waals surface area contributed by atoms with Gasteiger partial charge in [-0.2, -0.15) is 4.98 Å². The lowest BCUT2D eigenvalue weighted by atomic mass is 10.0. The number of fused-ring (bicyclic) bond motifs is 1. The molecule has 0 radical (unpaired) electrons. The Morgan fingerprint density at radius 2 is 1.60 bits per heavy atom. The van der Waals surface area contributed by atoms with Crippen molar-refractivity contribution in [3.63, 3.8) is 0 Å². The number of amides is 1. The van der Waals surface area contributed by atoms with Crippen molar-refractivity contribution in [1.29, 1.82) is 0 Å². The molecule has 1 aromatic rings. The number of hydrogen-bond donors (Lipinski definition) is 3. The molecule has 43 heavy (non-hydrogen) atoms. The molecule has 242 valence electrons. The highest BCUT2D eigenvalue weighted by molar-refractivity contribution is 5.98. The molecular weight excluding hydrogens is 564 g/mol. The van der Waals surface area contributed by atoms with Crippen LogP contribution >= 0.6 is 0 Å². The van der Waals surface area contributed by atoms with Crippen LogP contribution in [0.1, 0.15) is 69.2 Å². The number of esters is 2. The minimum absolute atomic E-state index is 0.0116. The third kappa shape index (κ3) is 10.5. The number of aromatic amines is 1. The van der Waals surface area contributed by atoms with Gasteiger partial charge in [0.2, 0.25) is 5.95 Å². The molecule has 1 unspecified atom stereocenters. The minimum atomic E-state index is -1.74. The first-order valence-corrected chi connectivity index (χ1v) is 13.9. The Morgan fingerprint density at radius 3 is 2.12 bits per heavy atom. The highest BCUT2D eigenvalue weighted by Gasteiger charge is 2.44. The molecule has 0 aromatic carbocycles. The summed E-state index contributed by atoms with van der Waals surface area (Å²) in [5.41, 5.74) is -3.71. The van der Waals surface area contributed by atoms with E-state index in [2.05, 4.69) is 20.3 Å². The number of ether oxygens (including phenoxy) is 4. The van der Waals surface area contributed by atoms with Gasteiger partial charge in [0.05, 0.1) is 18.0 Å². The van der Waals surface area contributed by atoms with Crippen LogP contribution in [-0.2, 0) is 28.5 Å². The van der Waals surface area contributed by atoms with Crippen molar-refractivity contribution in [1.82, 2.24) is 14.9 Å². The van der Waals surface area contributed by atoms with E-state index in [4.69, 9.17) is 18.9 Å². The number of hydrogen-bond acceptors (Lipinski definition) is 12. The summed E-state index contributed by atoms with van der Waals surface area (Å²) in [4.78, 5) is 66.2. The maximum atomic E-state index is 13.4. The van der Waals surface area contributed by atoms with Crippen LogP contribution in [0.5, 0.6) is 0 Å². The Hall–Kier alpha value is -3.72. The van der Waals surface area contributed by atoms with E-state index in [1.807, 2.05) is 0 Å². The zero-order valence-corrected chi connectivity index (χ0v) is 27.1. The Kier molecular flexibility index (Phi) is 11.0. The average molecular weight is 611 g/mol. The second-order valence-electron chi connectivity index (χ2n) is 13.4. The van der Waals surface area contributed by atoms with Gasteiger partial charge in [0.15, 0.2) is 11.5 Å². The number of carbonyl (C=O) groups is 3. The molecule has 0 bridgehead atoms. The number of rotatable bonds is 8. The van der Waals surface area contributed by atoms with Gasteiger partial charge in [-0.3, -0.25) is 14.7 Å². The molecule has 1 aromatic heterocycles. The highest BCUT2D eigenvalue weighted by Crippen LogP contribution is 2.31. The zero-order valence-electron chi connectivity index (χ0n) is 27.1. The number of aromatic nitrogens is 2. The van der Waals surface area contributed by atoms with E-state index in [9.17, 15) is 24.3 Å². The molecule has 2 heterocycles. The Bertz CT molecular complexity index is 1260. The van der Waals surface area contributed by atoms with E-state index < -0.39 is 64.7 Å². The van der Waals surface area contributed by atoms with Crippen LogP contribution in [0.3, 0.4) is 0 Å². The summed E-state index contributed by atoms with van der Waals surface area (Å²) in [5.74, 6) is -2.02. The van der Waals surface area contributed by atoms with Crippen LogP contribution < -0.4 is 15.8 Å². The summed E-state index contributed by atoms with van der Waals surface area (Å²) in [6.07, 6.45) is -4.07. The summed E-state index contributed by atoms with van der Waals surface area (Å²) in [7, 11) is 3.49. The van der Waals surface area contributed by atoms with Gasteiger partial charge in [0.1, 0.15) is 23.4 Å². The van der Waals surface area contributed by atoms with E-state index in [0.717, 1.165) is 4.90 Å². The van der Waals surface area contributed by atoms with Crippen LogP contribution in [0.25, 0.3) is 0 Å². The van der Waals surface area contributed by atoms with Gasteiger partial charge in [0, 0.05) is 20.6 Å². The predicted octanol–water partition coefficient (Wildman–Crippen LogP) is 2.34. The van der Waals surface area contributed by atoms with E-state index in [1.54, 1.807) is 81.3 Å². The number of carbonyl (C=O) groups excluding carboxylic acids is 3. The molecule has 0 aliphatic carbocycles. The summed E-state index contributed by atoms with van der Waals surface area (Å²) >= 11 is 0. The van der Waals surface area contributed by atoms with Crippen molar-refractivity contribution in [3.05, 3.63) is 10.4 Å². The third-order valence-corrected chi connectivity index (χ3v) is 5.42. The molecule has 0 saturated heterocycles. The first-order chi connectivity index (χ1) is 19.5. The number of aliphatic hydroxyl groups is 1. The molecule has 0 spiro atoms. The topological polar surface area (TPSA) is 185 Å². The van der Waals surface area contributed by atoms with Gasteiger partial charge in [-0.1, -0.05) is 0 Å². The average Bonchev–Trinajstić information content (AvgIpc) is 2.82. The van der Waals surface area contributed by atoms with E-state index in [1.165, 1.54) is 13.3 Å². The summed E-state index contributed by atoms with van der Waals surface area (Å²) < 4.78 is 22.0. The molecule has 0 fully saturated rings. The van der Waals surface area contributed by atoms with Crippen LogP contribution in [0.2, 0.25) is 0 Å². The molecule has 15 nitrogen and oxygen atoms in total. The van der Waals surface area contributed by atoms with Crippen molar-refractivity contribution in [2.45, 2.75) is 110 Å². The quantitative estimate of drug-likeness (QED) is 0.128. The molecule has 0 saturated carbocycles. The van der Waals surface area contributed by atoms with E-state index in [-0.39, 0.29) is 24.0 Å². The largest absolute Gasteiger partial charge is 0.458 e. The van der Waals surface area contributed by atoms with Crippen molar-refractivity contribution in [2.75, 3.05) is 30.9 Å². The normalized spacial score (nSPS) is 17.8. The fourth-order valence-electron chi connectivity index (χ4n) is 3.83. The molecule has 1 aliphatic heterocycles. The molecule has 1 amide bonds. The fourth-order valence-corrected chi connectivity index (χ4v) is 3.83. The number of aliphatic hydroxyl groups excluding tert-OH is 1. The van der Waals surface area contributed by atoms with Gasteiger partial charge in [-0.25, -0.2) is 19.4 Å². The molecule has 1 aliphatic rings. The monoisotopic (exact) mass is 610 g/mol. The van der Waals surface area contributed by atoms with Crippen LogP contribution in [0.4, 0.5) is 22.2 Å². The molecule has 4 atom stereocenters. The molecule has 2 rings (SSSR count). The first-order valence-electron chi connectivity index (χ1n) is 13.9. The molecule has 3 N–H and O–H groups in total. The van der Waals surface area contributed by atoms with Crippen LogP contribution in [-0.4, -0.2) is 106 Å². The van der Waals surface area contributed by atoms with Crippen molar-refractivity contribution >= 4 is 41.8 Å². The van der Waals surface area contributed by atoms with Gasteiger partial charge >= 0.3 is 18.0 Å². The Labute approximate surface area is 251 Å². The lowest BCUT2D eigenvalue weighted by molar-refractivity contribution is -0.194. The summed E-state index contributed by atoms with van der Waals surface area (Å²) in [6.45, 7) is 16.1. The number of nitrogens with zero attached hydrogens (tertiary/aromatic N) is 4. The standard InChI is InChI=1S/C28H46N6O9/c1-15(40-22(37)19(41-26(2,3)4)23(38)42-27(5,6)7)18(35)16-13-29-20-17(34(16)25(39)43-28(8,9)10)21(36)32-24(31-20)30-14-33(11)12/h14-16,18-19,35H,13H2,1-12H3,(H2,29,31,32,36)/b30-14+/t15-,16+,18-,19?/m0/s1. The summed E-state index contributed by atoms with van der Waals surface area (Å²) in [5, 5.41) is 14.3. The number of anilines is 2. The van der Waals surface area contributed by atoms with E-state index in [0.29, 0.717) is 0 Å². The maximum Gasteiger partial charge on any atom is 0.415 e. The zero-order chi connectivity index (χ0) is 33.1. The smallest absolute Gasteiger partial charge is 0.415 e. The van der Waals surface area contributed by atoms with Crippen LogP contribution in [0, 0.1) is 0 Å².